The molecule has 0 atom stereocenters. The SMILES string of the molecule is CC(=O)N(CC(F)F)c1ccc(-c2ccc(C(=O)Nc3ccc(N)nc3)cn2)cc1F. The molecule has 3 rings (SSSR count). The predicted molar refractivity (Wildman–Crippen MR) is 110 cm³/mol. The minimum atomic E-state index is -2.80. The third kappa shape index (κ3) is 5.35. The van der Waals surface area contributed by atoms with Crippen molar-refractivity contribution in [3.05, 3.63) is 66.2 Å². The van der Waals surface area contributed by atoms with Crippen molar-refractivity contribution in [1.29, 1.82) is 0 Å². The maximum Gasteiger partial charge on any atom is 0.257 e. The Morgan fingerprint density at radius 3 is 2.42 bits per heavy atom. The Hall–Kier alpha value is -3.95. The smallest absolute Gasteiger partial charge is 0.257 e. The second-order valence-corrected chi connectivity index (χ2v) is 6.54. The van der Waals surface area contributed by atoms with Gasteiger partial charge in [-0.2, -0.15) is 0 Å². The first kappa shape index (κ1) is 21.8. The molecule has 0 fully saturated rings. The largest absolute Gasteiger partial charge is 0.384 e. The average molecular weight is 429 g/mol. The van der Waals surface area contributed by atoms with Gasteiger partial charge in [0.2, 0.25) is 5.91 Å². The van der Waals surface area contributed by atoms with Crippen LogP contribution in [-0.4, -0.2) is 34.8 Å². The van der Waals surface area contributed by atoms with Gasteiger partial charge in [-0.3, -0.25) is 14.6 Å². The first-order valence-corrected chi connectivity index (χ1v) is 9.09. The van der Waals surface area contributed by atoms with Crippen LogP contribution in [0.15, 0.2) is 54.9 Å². The number of pyridine rings is 2. The molecule has 31 heavy (non-hydrogen) atoms. The Labute approximate surface area is 175 Å². The Bertz CT molecular complexity index is 1090. The van der Waals surface area contributed by atoms with Crippen molar-refractivity contribution in [2.75, 3.05) is 22.5 Å². The second-order valence-electron chi connectivity index (χ2n) is 6.54. The Morgan fingerprint density at radius 2 is 1.87 bits per heavy atom. The summed E-state index contributed by atoms with van der Waals surface area (Å²) in [5, 5.41) is 2.64. The highest BCUT2D eigenvalue weighted by Crippen LogP contribution is 2.26. The zero-order valence-electron chi connectivity index (χ0n) is 16.3. The maximum atomic E-state index is 14.5. The van der Waals surface area contributed by atoms with Gasteiger partial charge in [-0.15, -0.1) is 0 Å². The number of hydrogen-bond acceptors (Lipinski definition) is 5. The van der Waals surface area contributed by atoms with Gasteiger partial charge in [0.15, 0.2) is 0 Å². The summed E-state index contributed by atoms with van der Waals surface area (Å²) in [6.07, 6.45) is -0.0650. The quantitative estimate of drug-likeness (QED) is 0.622. The fourth-order valence-electron chi connectivity index (χ4n) is 2.80. The molecule has 2 aromatic heterocycles. The lowest BCUT2D eigenvalue weighted by Gasteiger charge is -2.21. The summed E-state index contributed by atoms with van der Waals surface area (Å²) in [4.78, 5) is 32.6. The van der Waals surface area contributed by atoms with E-state index in [9.17, 15) is 22.8 Å². The minimum absolute atomic E-state index is 0.246. The molecule has 3 aromatic rings. The van der Waals surface area contributed by atoms with Crippen LogP contribution in [0, 0.1) is 5.82 Å². The molecule has 0 bridgehead atoms. The topological polar surface area (TPSA) is 101 Å². The zero-order chi connectivity index (χ0) is 22.5. The molecule has 0 aliphatic rings. The molecular formula is C21H18F3N5O2. The number of carbonyl (C=O) groups is 2. The number of nitrogens with zero attached hydrogens (tertiary/aromatic N) is 3. The number of benzene rings is 1. The standard InChI is InChI=1S/C21H18F3N5O2/c1-12(30)29(11-19(23)24)18-6-3-13(8-16(18)22)17-5-2-14(9-26-17)21(31)28-15-4-7-20(25)27-10-15/h2-10,19H,11H2,1H3,(H2,25,27)(H,28,31). The Morgan fingerprint density at radius 1 is 1.10 bits per heavy atom. The lowest BCUT2D eigenvalue weighted by molar-refractivity contribution is -0.117. The number of halogens is 3. The van der Waals surface area contributed by atoms with E-state index < -0.39 is 30.6 Å². The lowest BCUT2D eigenvalue weighted by atomic mass is 10.1. The number of carbonyl (C=O) groups excluding carboxylic acids is 2. The summed E-state index contributed by atoms with van der Waals surface area (Å²) >= 11 is 0. The van der Waals surface area contributed by atoms with Crippen LogP contribution in [-0.2, 0) is 4.79 Å². The summed E-state index contributed by atoms with van der Waals surface area (Å²) in [5.74, 6) is -1.64. The van der Waals surface area contributed by atoms with Crippen molar-refractivity contribution in [2.45, 2.75) is 13.3 Å². The van der Waals surface area contributed by atoms with E-state index in [0.717, 1.165) is 13.0 Å². The summed E-state index contributed by atoms with van der Waals surface area (Å²) in [6.45, 7) is 0.179. The molecule has 2 amide bonds. The number of amides is 2. The molecule has 2 heterocycles. The monoisotopic (exact) mass is 429 g/mol. The normalized spacial score (nSPS) is 10.7. The van der Waals surface area contributed by atoms with Gasteiger partial charge in [-0.05, 0) is 36.4 Å². The molecule has 0 aliphatic carbocycles. The lowest BCUT2D eigenvalue weighted by Crippen LogP contribution is -2.33. The van der Waals surface area contributed by atoms with Crippen molar-refractivity contribution < 1.29 is 22.8 Å². The Kier molecular flexibility index (Phi) is 6.49. The molecule has 0 saturated carbocycles. The van der Waals surface area contributed by atoms with Crippen LogP contribution in [0.5, 0.6) is 0 Å². The third-order valence-electron chi connectivity index (χ3n) is 4.30. The van der Waals surface area contributed by atoms with Crippen molar-refractivity contribution in [3.63, 3.8) is 0 Å². The molecule has 0 saturated heterocycles. The minimum Gasteiger partial charge on any atom is -0.384 e. The average Bonchev–Trinajstić information content (AvgIpc) is 2.73. The van der Waals surface area contributed by atoms with E-state index in [0.29, 0.717) is 27.7 Å². The maximum absolute atomic E-state index is 14.5. The van der Waals surface area contributed by atoms with Crippen molar-refractivity contribution in [3.8, 4) is 11.3 Å². The van der Waals surface area contributed by atoms with Gasteiger partial charge in [0.1, 0.15) is 11.6 Å². The third-order valence-corrected chi connectivity index (χ3v) is 4.30. The molecular weight excluding hydrogens is 411 g/mol. The van der Waals surface area contributed by atoms with Crippen LogP contribution in [0.2, 0.25) is 0 Å². The number of nitrogens with two attached hydrogens (primary N) is 1. The van der Waals surface area contributed by atoms with Gasteiger partial charge in [-0.1, -0.05) is 6.07 Å². The number of anilines is 3. The van der Waals surface area contributed by atoms with E-state index in [4.69, 9.17) is 5.73 Å². The van der Waals surface area contributed by atoms with E-state index >= 15 is 0 Å². The van der Waals surface area contributed by atoms with Gasteiger partial charge in [0.05, 0.1) is 35.4 Å². The van der Waals surface area contributed by atoms with Gasteiger partial charge < -0.3 is 16.0 Å². The van der Waals surface area contributed by atoms with Crippen LogP contribution in [0.25, 0.3) is 11.3 Å². The number of nitrogens with one attached hydrogen (secondary N) is 1. The highest BCUT2D eigenvalue weighted by Gasteiger charge is 2.20. The first-order chi connectivity index (χ1) is 14.7. The molecule has 160 valence electrons. The van der Waals surface area contributed by atoms with Crippen LogP contribution in [0.1, 0.15) is 17.3 Å². The predicted octanol–water partition coefficient (Wildman–Crippen LogP) is 3.74. The summed E-state index contributed by atoms with van der Waals surface area (Å²) in [5.41, 5.74) is 6.69. The highest BCUT2D eigenvalue weighted by atomic mass is 19.3. The molecule has 0 spiro atoms. The summed E-state index contributed by atoms with van der Waals surface area (Å²) in [6, 6.07) is 9.97. The zero-order valence-corrected chi connectivity index (χ0v) is 16.3. The number of hydrogen-bond donors (Lipinski definition) is 2. The molecule has 1 aromatic carbocycles. The van der Waals surface area contributed by atoms with Crippen LogP contribution < -0.4 is 16.0 Å². The number of nitrogen functional groups attached to an aromatic ring is 1. The van der Waals surface area contributed by atoms with E-state index in [1.54, 1.807) is 12.1 Å². The van der Waals surface area contributed by atoms with E-state index in [1.165, 1.54) is 36.7 Å². The van der Waals surface area contributed by atoms with E-state index in [1.807, 2.05) is 0 Å². The van der Waals surface area contributed by atoms with E-state index in [2.05, 4.69) is 15.3 Å². The molecule has 10 heteroatoms. The number of rotatable bonds is 6. The van der Waals surface area contributed by atoms with Crippen molar-refractivity contribution in [2.24, 2.45) is 0 Å². The molecule has 3 N–H and O–H groups in total. The molecule has 0 unspecified atom stereocenters. The van der Waals surface area contributed by atoms with Gasteiger partial charge in [0, 0.05) is 18.7 Å². The van der Waals surface area contributed by atoms with Crippen LogP contribution in [0.4, 0.5) is 30.4 Å². The number of alkyl halides is 2. The fourth-order valence-corrected chi connectivity index (χ4v) is 2.80. The summed E-state index contributed by atoms with van der Waals surface area (Å²) in [7, 11) is 0. The fraction of sp³-hybridized carbons (Fsp3) is 0.143. The van der Waals surface area contributed by atoms with Crippen molar-refractivity contribution >= 4 is 29.0 Å². The van der Waals surface area contributed by atoms with E-state index in [-0.39, 0.29) is 11.3 Å². The Balaban J connectivity index is 1.77. The highest BCUT2D eigenvalue weighted by molar-refractivity contribution is 6.04. The second kappa shape index (κ2) is 9.24. The number of aromatic nitrogens is 2. The van der Waals surface area contributed by atoms with Gasteiger partial charge in [-0.25, -0.2) is 18.2 Å². The van der Waals surface area contributed by atoms with Crippen molar-refractivity contribution in [1.82, 2.24) is 9.97 Å². The first-order valence-electron chi connectivity index (χ1n) is 9.09. The van der Waals surface area contributed by atoms with Gasteiger partial charge in [0.25, 0.3) is 12.3 Å². The van der Waals surface area contributed by atoms with Crippen LogP contribution in [0.3, 0.4) is 0 Å². The molecule has 0 aliphatic heterocycles. The van der Waals surface area contributed by atoms with Crippen LogP contribution >= 0.6 is 0 Å². The molecule has 0 radical (unpaired) electrons. The summed E-state index contributed by atoms with van der Waals surface area (Å²) < 4.78 is 39.9. The van der Waals surface area contributed by atoms with Gasteiger partial charge >= 0.3 is 0 Å². The molecule has 7 nitrogen and oxygen atoms in total.